The number of carboxylic acid groups (broad SMARTS) is 1. The van der Waals surface area contributed by atoms with Crippen LogP contribution in [0.15, 0.2) is 48.5 Å². The van der Waals surface area contributed by atoms with E-state index in [-0.39, 0.29) is 0 Å². The summed E-state index contributed by atoms with van der Waals surface area (Å²) in [4.78, 5) is 10.8. The van der Waals surface area contributed by atoms with Crippen molar-refractivity contribution in [3.05, 3.63) is 59.7 Å². The first kappa shape index (κ1) is 14.3. The molecule has 2 aromatic rings. The SMILES string of the molecule is CCC(C)Cc1ccc(-c2ccc(C(=O)O)cc2)cc1. The molecule has 104 valence electrons. The lowest BCUT2D eigenvalue weighted by molar-refractivity contribution is 0.0697. The molecule has 0 aliphatic carbocycles. The zero-order valence-corrected chi connectivity index (χ0v) is 12.0. The molecule has 1 unspecified atom stereocenters. The number of carboxylic acids is 1. The highest BCUT2D eigenvalue weighted by molar-refractivity contribution is 5.88. The van der Waals surface area contributed by atoms with Gasteiger partial charge in [0.25, 0.3) is 0 Å². The number of hydrogen-bond acceptors (Lipinski definition) is 1. The predicted octanol–water partition coefficient (Wildman–Crippen LogP) is 4.64. The van der Waals surface area contributed by atoms with Gasteiger partial charge in [-0.2, -0.15) is 0 Å². The van der Waals surface area contributed by atoms with Crippen molar-refractivity contribution in [2.75, 3.05) is 0 Å². The molecule has 2 rings (SSSR count). The second-order valence-corrected chi connectivity index (χ2v) is 5.30. The number of carbonyl (C=O) groups is 1. The molecule has 1 atom stereocenters. The van der Waals surface area contributed by atoms with Crippen molar-refractivity contribution in [2.45, 2.75) is 26.7 Å². The molecule has 0 aromatic heterocycles. The monoisotopic (exact) mass is 268 g/mol. The topological polar surface area (TPSA) is 37.3 Å². The summed E-state index contributed by atoms with van der Waals surface area (Å²) in [6, 6.07) is 15.5. The molecule has 2 aromatic carbocycles. The molecule has 1 N–H and O–H groups in total. The van der Waals surface area contributed by atoms with Crippen molar-refractivity contribution in [3.63, 3.8) is 0 Å². The molecule has 0 aliphatic heterocycles. The average Bonchev–Trinajstić information content (AvgIpc) is 2.48. The molecule has 2 heteroatoms. The van der Waals surface area contributed by atoms with Crippen LogP contribution in [-0.2, 0) is 6.42 Å². The van der Waals surface area contributed by atoms with E-state index in [9.17, 15) is 4.79 Å². The van der Waals surface area contributed by atoms with Crippen LogP contribution in [0.1, 0.15) is 36.2 Å². The fourth-order valence-electron chi connectivity index (χ4n) is 2.19. The Morgan fingerprint density at radius 1 is 1.00 bits per heavy atom. The van der Waals surface area contributed by atoms with Crippen LogP contribution < -0.4 is 0 Å². The lowest BCUT2D eigenvalue weighted by atomic mass is 9.96. The summed E-state index contributed by atoms with van der Waals surface area (Å²) < 4.78 is 0. The van der Waals surface area contributed by atoms with E-state index in [1.165, 1.54) is 12.0 Å². The molecule has 0 saturated carbocycles. The number of rotatable bonds is 5. The van der Waals surface area contributed by atoms with Gasteiger partial charge in [-0.3, -0.25) is 0 Å². The standard InChI is InChI=1S/C18H20O2/c1-3-13(2)12-14-4-6-15(7-5-14)16-8-10-17(11-9-16)18(19)20/h4-11,13H,3,12H2,1-2H3,(H,19,20). The molecule has 0 saturated heterocycles. The minimum Gasteiger partial charge on any atom is -0.478 e. The Labute approximate surface area is 120 Å². The average molecular weight is 268 g/mol. The Kier molecular flexibility index (Phi) is 4.57. The fourth-order valence-corrected chi connectivity index (χ4v) is 2.19. The number of aromatic carboxylic acids is 1. The van der Waals surface area contributed by atoms with Gasteiger partial charge >= 0.3 is 5.97 Å². The minimum absolute atomic E-state index is 0.321. The predicted molar refractivity (Wildman–Crippen MR) is 82.0 cm³/mol. The lowest BCUT2D eigenvalue weighted by Crippen LogP contribution is -1.97. The van der Waals surface area contributed by atoms with Gasteiger partial charge < -0.3 is 5.11 Å². The first-order chi connectivity index (χ1) is 9.60. The summed E-state index contributed by atoms with van der Waals surface area (Å²) in [5.74, 6) is -0.184. The first-order valence-electron chi connectivity index (χ1n) is 7.02. The number of benzene rings is 2. The van der Waals surface area contributed by atoms with E-state index < -0.39 is 5.97 Å². The largest absolute Gasteiger partial charge is 0.478 e. The maximum absolute atomic E-state index is 10.8. The number of hydrogen-bond donors (Lipinski definition) is 1. The molecule has 20 heavy (non-hydrogen) atoms. The lowest BCUT2D eigenvalue weighted by Gasteiger charge is -2.09. The summed E-state index contributed by atoms with van der Waals surface area (Å²) in [5.41, 5.74) is 3.84. The molecular weight excluding hydrogens is 248 g/mol. The van der Waals surface area contributed by atoms with Crippen molar-refractivity contribution in [1.82, 2.24) is 0 Å². The van der Waals surface area contributed by atoms with Gasteiger partial charge in [-0.1, -0.05) is 56.7 Å². The second kappa shape index (κ2) is 6.38. The fraction of sp³-hybridized carbons (Fsp3) is 0.278. The van der Waals surface area contributed by atoms with Crippen LogP contribution >= 0.6 is 0 Å². The zero-order chi connectivity index (χ0) is 14.5. The van der Waals surface area contributed by atoms with Crippen LogP contribution in [0.5, 0.6) is 0 Å². The summed E-state index contributed by atoms with van der Waals surface area (Å²) in [6.45, 7) is 4.47. The Morgan fingerprint density at radius 3 is 1.95 bits per heavy atom. The van der Waals surface area contributed by atoms with Gasteiger partial charge in [0.15, 0.2) is 0 Å². The van der Waals surface area contributed by atoms with Gasteiger partial charge in [-0.05, 0) is 41.2 Å². The Morgan fingerprint density at radius 2 is 1.50 bits per heavy atom. The maximum atomic E-state index is 10.8. The van der Waals surface area contributed by atoms with Crippen molar-refractivity contribution >= 4 is 5.97 Å². The Bertz CT molecular complexity index is 567. The summed E-state index contributed by atoms with van der Waals surface area (Å²) in [7, 11) is 0. The van der Waals surface area contributed by atoms with Crippen molar-refractivity contribution in [3.8, 4) is 11.1 Å². The van der Waals surface area contributed by atoms with E-state index in [1.807, 2.05) is 12.1 Å². The van der Waals surface area contributed by atoms with Gasteiger partial charge in [0.1, 0.15) is 0 Å². The van der Waals surface area contributed by atoms with Crippen LogP contribution in [0, 0.1) is 5.92 Å². The molecule has 2 nitrogen and oxygen atoms in total. The zero-order valence-electron chi connectivity index (χ0n) is 12.0. The molecule has 0 aliphatic rings. The minimum atomic E-state index is -0.888. The normalized spacial score (nSPS) is 12.1. The van der Waals surface area contributed by atoms with Crippen molar-refractivity contribution in [2.24, 2.45) is 5.92 Å². The molecular formula is C18H20O2. The van der Waals surface area contributed by atoms with E-state index in [1.54, 1.807) is 12.1 Å². The summed E-state index contributed by atoms with van der Waals surface area (Å²) in [5, 5.41) is 8.89. The molecule has 0 amide bonds. The van der Waals surface area contributed by atoms with Crippen LogP contribution in [0.3, 0.4) is 0 Å². The van der Waals surface area contributed by atoms with E-state index in [4.69, 9.17) is 5.11 Å². The third-order valence-corrected chi connectivity index (χ3v) is 3.70. The van der Waals surface area contributed by atoms with Gasteiger partial charge in [-0.25, -0.2) is 4.79 Å². The quantitative estimate of drug-likeness (QED) is 0.857. The van der Waals surface area contributed by atoms with E-state index in [0.29, 0.717) is 11.5 Å². The van der Waals surface area contributed by atoms with Crippen molar-refractivity contribution < 1.29 is 9.90 Å². The highest BCUT2D eigenvalue weighted by Crippen LogP contribution is 2.21. The van der Waals surface area contributed by atoms with E-state index >= 15 is 0 Å². The van der Waals surface area contributed by atoms with Gasteiger partial charge in [-0.15, -0.1) is 0 Å². The first-order valence-corrected chi connectivity index (χ1v) is 7.02. The van der Waals surface area contributed by atoms with Crippen LogP contribution in [0.25, 0.3) is 11.1 Å². The highest BCUT2D eigenvalue weighted by Gasteiger charge is 2.04. The van der Waals surface area contributed by atoms with E-state index in [0.717, 1.165) is 17.5 Å². The van der Waals surface area contributed by atoms with Gasteiger partial charge in [0.05, 0.1) is 5.56 Å². The molecule has 0 radical (unpaired) electrons. The van der Waals surface area contributed by atoms with Crippen LogP contribution in [0.2, 0.25) is 0 Å². The molecule has 0 spiro atoms. The molecule has 0 bridgehead atoms. The summed E-state index contributed by atoms with van der Waals surface area (Å²) >= 11 is 0. The van der Waals surface area contributed by atoms with Gasteiger partial charge in [0.2, 0.25) is 0 Å². The summed E-state index contributed by atoms with van der Waals surface area (Å²) in [6.07, 6.45) is 2.30. The maximum Gasteiger partial charge on any atom is 0.335 e. The third-order valence-electron chi connectivity index (χ3n) is 3.70. The van der Waals surface area contributed by atoms with Gasteiger partial charge in [0, 0.05) is 0 Å². The highest BCUT2D eigenvalue weighted by atomic mass is 16.4. The van der Waals surface area contributed by atoms with Crippen LogP contribution in [0.4, 0.5) is 0 Å². The molecule has 0 fully saturated rings. The smallest absolute Gasteiger partial charge is 0.335 e. The molecule has 0 heterocycles. The Balaban J connectivity index is 2.15. The van der Waals surface area contributed by atoms with E-state index in [2.05, 4.69) is 38.1 Å². The van der Waals surface area contributed by atoms with Crippen LogP contribution in [-0.4, -0.2) is 11.1 Å². The Hall–Kier alpha value is -2.09. The second-order valence-electron chi connectivity index (χ2n) is 5.30. The van der Waals surface area contributed by atoms with Crippen molar-refractivity contribution in [1.29, 1.82) is 0 Å². The third kappa shape index (κ3) is 3.47.